The van der Waals surface area contributed by atoms with Gasteiger partial charge in [-0.1, -0.05) is 36.4 Å². The molecule has 1 atom stereocenters. The summed E-state index contributed by atoms with van der Waals surface area (Å²) in [6.45, 7) is 2.32. The third kappa shape index (κ3) is 4.52. The van der Waals surface area contributed by atoms with Gasteiger partial charge in [-0.2, -0.15) is 5.26 Å². The highest BCUT2D eigenvalue weighted by Crippen LogP contribution is 2.33. The lowest BCUT2D eigenvalue weighted by Gasteiger charge is -2.18. The van der Waals surface area contributed by atoms with Crippen LogP contribution in [0.3, 0.4) is 0 Å². The van der Waals surface area contributed by atoms with E-state index in [-0.39, 0.29) is 11.6 Å². The van der Waals surface area contributed by atoms with Crippen LogP contribution in [0.5, 0.6) is 5.75 Å². The molecule has 1 unspecified atom stereocenters. The third-order valence-corrected chi connectivity index (χ3v) is 5.21. The molecule has 4 aromatic rings. The van der Waals surface area contributed by atoms with E-state index in [2.05, 4.69) is 16.4 Å². The van der Waals surface area contributed by atoms with E-state index in [0.717, 1.165) is 21.9 Å². The maximum atomic E-state index is 11.1. The van der Waals surface area contributed by atoms with Gasteiger partial charge in [-0.05, 0) is 59.8 Å². The Morgan fingerprint density at radius 1 is 1.12 bits per heavy atom. The number of nitrogens with one attached hydrogen (secondary N) is 1. The molecule has 2 N–H and O–H groups in total. The number of aromatic nitrogens is 1. The van der Waals surface area contributed by atoms with Crippen molar-refractivity contribution in [1.29, 1.82) is 5.26 Å². The summed E-state index contributed by atoms with van der Waals surface area (Å²) in [6, 6.07) is 23.9. The van der Waals surface area contributed by atoms with Crippen LogP contribution in [0.25, 0.3) is 10.8 Å². The molecule has 0 aliphatic rings. The van der Waals surface area contributed by atoms with E-state index in [4.69, 9.17) is 15.1 Å². The summed E-state index contributed by atoms with van der Waals surface area (Å²) in [5, 5.41) is 23.5. The van der Waals surface area contributed by atoms with E-state index in [1.807, 2.05) is 49.4 Å². The zero-order valence-corrected chi connectivity index (χ0v) is 17.4. The summed E-state index contributed by atoms with van der Waals surface area (Å²) in [5.41, 5.74) is 2.70. The first kappa shape index (κ1) is 20.9. The number of hydrogen-bond acceptors (Lipinski definition) is 5. The monoisotopic (exact) mass is 423 g/mol. The summed E-state index contributed by atoms with van der Waals surface area (Å²) in [7, 11) is 0. The predicted octanol–water partition coefficient (Wildman–Crippen LogP) is 5.56. The first-order valence-corrected chi connectivity index (χ1v) is 10.1. The Morgan fingerprint density at radius 2 is 1.91 bits per heavy atom. The molecule has 0 aliphatic heterocycles. The number of benzene rings is 3. The van der Waals surface area contributed by atoms with Crippen LogP contribution >= 0.6 is 0 Å². The van der Waals surface area contributed by atoms with Crippen LogP contribution in [-0.4, -0.2) is 16.1 Å². The van der Waals surface area contributed by atoms with E-state index in [1.165, 1.54) is 0 Å². The first-order chi connectivity index (χ1) is 15.5. The molecule has 6 nitrogen and oxygen atoms in total. The lowest BCUT2D eigenvalue weighted by molar-refractivity contribution is 0.0697. The van der Waals surface area contributed by atoms with Gasteiger partial charge in [-0.15, -0.1) is 0 Å². The van der Waals surface area contributed by atoms with Crippen LogP contribution in [0.4, 0.5) is 5.82 Å². The maximum absolute atomic E-state index is 11.1. The molecule has 1 heterocycles. The smallest absolute Gasteiger partial charge is 0.335 e. The normalized spacial score (nSPS) is 11.5. The number of rotatable bonds is 7. The van der Waals surface area contributed by atoms with Crippen molar-refractivity contribution in [2.75, 3.05) is 5.32 Å². The Morgan fingerprint density at radius 3 is 2.66 bits per heavy atom. The van der Waals surface area contributed by atoms with Gasteiger partial charge in [-0.25, -0.2) is 9.78 Å². The van der Waals surface area contributed by atoms with Crippen LogP contribution in [0.15, 0.2) is 79.0 Å². The van der Waals surface area contributed by atoms with Crippen molar-refractivity contribution in [2.24, 2.45) is 0 Å². The van der Waals surface area contributed by atoms with E-state index in [9.17, 15) is 4.79 Å². The summed E-state index contributed by atoms with van der Waals surface area (Å²) < 4.78 is 6.12. The van der Waals surface area contributed by atoms with Gasteiger partial charge in [-0.3, -0.25) is 0 Å². The van der Waals surface area contributed by atoms with Gasteiger partial charge in [0, 0.05) is 12.2 Å². The number of carboxylic acid groups (broad SMARTS) is 1. The second kappa shape index (κ2) is 9.19. The number of nitrogens with zero attached hydrogens (tertiary/aromatic N) is 2. The van der Waals surface area contributed by atoms with Crippen molar-refractivity contribution in [1.82, 2.24) is 4.98 Å². The Labute approximate surface area is 185 Å². The second-order valence-corrected chi connectivity index (χ2v) is 7.41. The van der Waals surface area contributed by atoms with Gasteiger partial charge >= 0.3 is 5.97 Å². The summed E-state index contributed by atoms with van der Waals surface area (Å²) in [4.78, 5) is 15.6. The largest absolute Gasteiger partial charge is 0.488 e. The van der Waals surface area contributed by atoms with Crippen LogP contribution in [0.2, 0.25) is 0 Å². The highest BCUT2D eigenvalue weighted by atomic mass is 16.5. The molecule has 4 rings (SSSR count). The predicted molar refractivity (Wildman–Crippen MR) is 123 cm³/mol. The molecule has 0 saturated heterocycles. The molecule has 0 saturated carbocycles. The van der Waals surface area contributed by atoms with Gasteiger partial charge < -0.3 is 15.2 Å². The van der Waals surface area contributed by atoms with Crippen molar-refractivity contribution < 1.29 is 14.6 Å². The third-order valence-electron chi connectivity index (χ3n) is 5.21. The number of fused-ring (bicyclic) bond motifs is 1. The molecule has 0 bridgehead atoms. The molecule has 0 radical (unpaired) electrons. The van der Waals surface area contributed by atoms with Crippen LogP contribution in [-0.2, 0) is 6.61 Å². The number of hydrogen-bond donors (Lipinski definition) is 2. The van der Waals surface area contributed by atoms with Gasteiger partial charge in [0.25, 0.3) is 0 Å². The standard InChI is InChI=1S/C26H21N3O3/c1-17(20-8-10-22(11-9-20)26(30)31)29-25-24-21(12-13-28-25)6-3-7-23(24)32-16-19-5-2-4-18(14-19)15-27/h2-14,17H,16H2,1H3,(H,28,29)(H,30,31). The fourth-order valence-corrected chi connectivity index (χ4v) is 3.52. The minimum Gasteiger partial charge on any atom is -0.488 e. The van der Waals surface area contributed by atoms with Crippen LogP contribution in [0, 0.1) is 11.3 Å². The van der Waals surface area contributed by atoms with E-state index >= 15 is 0 Å². The highest BCUT2D eigenvalue weighted by molar-refractivity contribution is 5.97. The molecule has 3 aromatic carbocycles. The van der Waals surface area contributed by atoms with Gasteiger partial charge in [0.2, 0.25) is 0 Å². The van der Waals surface area contributed by atoms with Crippen LogP contribution < -0.4 is 10.1 Å². The quantitative estimate of drug-likeness (QED) is 0.404. The SMILES string of the molecule is CC(Nc1nccc2cccc(OCc3cccc(C#N)c3)c12)c1ccc(C(=O)O)cc1. The molecule has 0 aliphatic carbocycles. The van der Waals surface area contributed by atoms with Gasteiger partial charge in [0.15, 0.2) is 0 Å². The number of aromatic carboxylic acids is 1. The molecule has 0 amide bonds. The number of anilines is 1. The number of nitriles is 1. The second-order valence-electron chi connectivity index (χ2n) is 7.41. The average molecular weight is 423 g/mol. The van der Waals surface area contributed by atoms with Crippen molar-refractivity contribution in [3.05, 3.63) is 101 Å². The average Bonchev–Trinajstić information content (AvgIpc) is 2.83. The maximum Gasteiger partial charge on any atom is 0.335 e. The lowest BCUT2D eigenvalue weighted by Crippen LogP contribution is -2.09. The summed E-state index contributed by atoms with van der Waals surface area (Å²) in [6.07, 6.45) is 1.74. The molecule has 32 heavy (non-hydrogen) atoms. The lowest BCUT2D eigenvalue weighted by atomic mass is 10.1. The number of carboxylic acids is 1. The van der Waals surface area contributed by atoms with E-state index in [1.54, 1.807) is 36.5 Å². The zero-order valence-electron chi connectivity index (χ0n) is 17.4. The van der Waals surface area contributed by atoms with Crippen molar-refractivity contribution in [3.63, 3.8) is 0 Å². The van der Waals surface area contributed by atoms with Crippen molar-refractivity contribution in [3.8, 4) is 11.8 Å². The molecule has 6 heteroatoms. The van der Waals surface area contributed by atoms with Crippen molar-refractivity contribution in [2.45, 2.75) is 19.6 Å². The fourth-order valence-electron chi connectivity index (χ4n) is 3.52. The Hall–Kier alpha value is -4.37. The van der Waals surface area contributed by atoms with Crippen molar-refractivity contribution >= 4 is 22.6 Å². The molecule has 158 valence electrons. The van der Waals surface area contributed by atoms with E-state index in [0.29, 0.717) is 23.7 Å². The van der Waals surface area contributed by atoms with E-state index < -0.39 is 5.97 Å². The fraction of sp³-hybridized carbons (Fsp3) is 0.115. The molecule has 0 spiro atoms. The number of pyridine rings is 1. The van der Waals surface area contributed by atoms with Gasteiger partial charge in [0.1, 0.15) is 18.2 Å². The first-order valence-electron chi connectivity index (χ1n) is 10.1. The zero-order chi connectivity index (χ0) is 22.5. The Kier molecular flexibility index (Phi) is 6.00. The minimum absolute atomic E-state index is 0.101. The Bertz CT molecular complexity index is 1300. The minimum atomic E-state index is -0.949. The Balaban J connectivity index is 1.60. The molecular formula is C26H21N3O3. The number of ether oxygens (including phenoxy) is 1. The highest BCUT2D eigenvalue weighted by Gasteiger charge is 2.13. The summed E-state index contributed by atoms with van der Waals surface area (Å²) in [5.74, 6) is 0.419. The molecule has 1 aromatic heterocycles. The number of carbonyl (C=O) groups is 1. The molecular weight excluding hydrogens is 402 g/mol. The molecule has 0 fully saturated rings. The topological polar surface area (TPSA) is 95.2 Å². The van der Waals surface area contributed by atoms with Crippen LogP contribution in [0.1, 0.15) is 40.0 Å². The summed E-state index contributed by atoms with van der Waals surface area (Å²) >= 11 is 0. The van der Waals surface area contributed by atoms with Gasteiger partial charge in [0.05, 0.1) is 22.6 Å².